The van der Waals surface area contributed by atoms with E-state index in [1.807, 2.05) is 13.0 Å². The van der Waals surface area contributed by atoms with Crippen molar-refractivity contribution in [2.24, 2.45) is 0 Å². The SMILES string of the molecule is COCc1cc(C)ccc1C#CCCNc1ncnc(C)c1Cl. The van der Waals surface area contributed by atoms with Crippen molar-refractivity contribution in [3.05, 3.63) is 51.9 Å². The van der Waals surface area contributed by atoms with Crippen LogP contribution in [0.3, 0.4) is 0 Å². The van der Waals surface area contributed by atoms with Crippen LogP contribution in [0.15, 0.2) is 24.5 Å². The monoisotopic (exact) mass is 329 g/mol. The molecule has 0 amide bonds. The number of ether oxygens (including phenoxy) is 1. The highest BCUT2D eigenvalue weighted by Crippen LogP contribution is 2.20. The lowest BCUT2D eigenvalue weighted by molar-refractivity contribution is 0.184. The molecule has 1 N–H and O–H groups in total. The van der Waals surface area contributed by atoms with Crippen molar-refractivity contribution in [2.75, 3.05) is 19.0 Å². The third-order valence-corrected chi connectivity index (χ3v) is 3.74. The minimum Gasteiger partial charge on any atom is -0.380 e. The molecule has 0 fully saturated rings. The summed E-state index contributed by atoms with van der Waals surface area (Å²) < 4.78 is 5.22. The van der Waals surface area contributed by atoms with Gasteiger partial charge in [-0.25, -0.2) is 9.97 Å². The van der Waals surface area contributed by atoms with Gasteiger partial charge < -0.3 is 10.1 Å². The molecular weight excluding hydrogens is 310 g/mol. The van der Waals surface area contributed by atoms with E-state index in [2.05, 4.69) is 46.2 Å². The number of nitrogens with one attached hydrogen (secondary N) is 1. The number of rotatable bonds is 5. The topological polar surface area (TPSA) is 47.0 Å². The van der Waals surface area contributed by atoms with Gasteiger partial charge in [0.05, 0.1) is 12.3 Å². The third-order valence-electron chi connectivity index (χ3n) is 3.29. The molecule has 120 valence electrons. The van der Waals surface area contributed by atoms with E-state index in [0.717, 1.165) is 16.8 Å². The molecular formula is C18H20ClN3O. The van der Waals surface area contributed by atoms with Crippen molar-refractivity contribution in [3.63, 3.8) is 0 Å². The van der Waals surface area contributed by atoms with E-state index >= 15 is 0 Å². The van der Waals surface area contributed by atoms with E-state index in [-0.39, 0.29) is 0 Å². The van der Waals surface area contributed by atoms with Gasteiger partial charge in [0, 0.05) is 25.6 Å². The Balaban J connectivity index is 1.95. The first-order chi connectivity index (χ1) is 11.1. The largest absolute Gasteiger partial charge is 0.380 e. The zero-order valence-corrected chi connectivity index (χ0v) is 14.4. The maximum Gasteiger partial charge on any atom is 0.148 e. The van der Waals surface area contributed by atoms with Crippen LogP contribution in [0.5, 0.6) is 0 Å². The standard InChI is InChI=1S/C18H20ClN3O/c1-13-7-8-15(16(10-13)11-23-3)6-4-5-9-20-18-17(19)14(2)21-12-22-18/h7-8,10,12H,5,9,11H2,1-3H3,(H,20,21,22). The zero-order valence-electron chi connectivity index (χ0n) is 13.6. The lowest BCUT2D eigenvalue weighted by Gasteiger charge is -2.06. The van der Waals surface area contributed by atoms with Crippen molar-refractivity contribution in [1.29, 1.82) is 0 Å². The average molecular weight is 330 g/mol. The predicted octanol–water partition coefficient (Wildman–Crippen LogP) is 3.75. The summed E-state index contributed by atoms with van der Waals surface area (Å²) in [7, 11) is 1.69. The number of hydrogen-bond acceptors (Lipinski definition) is 4. The van der Waals surface area contributed by atoms with Crippen molar-refractivity contribution in [3.8, 4) is 11.8 Å². The molecule has 0 saturated heterocycles. The lowest BCUT2D eigenvalue weighted by atomic mass is 10.1. The number of anilines is 1. The summed E-state index contributed by atoms with van der Waals surface area (Å²) in [5.74, 6) is 7.02. The van der Waals surface area contributed by atoms with Gasteiger partial charge >= 0.3 is 0 Å². The Morgan fingerprint density at radius 3 is 2.87 bits per heavy atom. The van der Waals surface area contributed by atoms with E-state index in [1.165, 1.54) is 11.9 Å². The molecule has 0 atom stereocenters. The molecule has 0 bridgehead atoms. The second-order valence-electron chi connectivity index (χ2n) is 5.19. The number of halogens is 1. The summed E-state index contributed by atoms with van der Waals surface area (Å²) in [5.41, 5.74) is 4.09. The van der Waals surface area contributed by atoms with Gasteiger partial charge in [-0.15, -0.1) is 0 Å². The highest BCUT2D eigenvalue weighted by atomic mass is 35.5. The quantitative estimate of drug-likeness (QED) is 0.670. The average Bonchev–Trinajstić information content (AvgIpc) is 2.53. The van der Waals surface area contributed by atoms with Crippen molar-refractivity contribution in [1.82, 2.24) is 9.97 Å². The van der Waals surface area contributed by atoms with Gasteiger partial charge in [0.2, 0.25) is 0 Å². The van der Waals surface area contributed by atoms with Gasteiger partial charge in [-0.3, -0.25) is 0 Å². The Labute approximate surface area is 142 Å². The summed E-state index contributed by atoms with van der Waals surface area (Å²) in [6.45, 7) is 5.16. The molecule has 1 heterocycles. The third kappa shape index (κ3) is 4.95. The van der Waals surface area contributed by atoms with Gasteiger partial charge in [-0.05, 0) is 25.5 Å². The molecule has 4 nitrogen and oxygen atoms in total. The van der Waals surface area contributed by atoms with Crippen LogP contribution in [0.1, 0.15) is 28.8 Å². The number of aromatic nitrogens is 2. The number of benzene rings is 1. The van der Waals surface area contributed by atoms with Crippen molar-refractivity contribution >= 4 is 17.4 Å². The molecule has 0 saturated carbocycles. The van der Waals surface area contributed by atoms with Crippen LogP contribution in [0.2, 0.25) is 5.02 Å². The van der Waals surface area contributed by atoms with Crippen LogP contribution in [0.25, 0.3) is 0 Å². The van der Waals surface area contributed by atoms with Gasteiger partial charge in [0.15, 0.2) is 0 Å². The number of hydrogen-bond donors (Lipinski definition) is 1. The maximum absolute atomic E-state index is 6.13. The Bertz CT molecular complexity index is 735. The highest BCUT2D eigenvalue weighted by molar-refractivity contribution is 6.33. The Hall–Kier alpha value is -2.09. The van der Waals surface area contributed by atoms with Crippen LogP contribution in [0.4, 0.5) is 5.82 Å². The van der Waals surface area contributed by atoms with Crippen LogP contribution in [0, 0.1) is 25.7 Å². The van der Waals surface area contributed by atoms with E-state index < -0.39 is 0 Å². The van der Waals surface area contributed by atoms with E-state index in [1.54, 1.807) is 7.11 Å². The summed E-state index contributed by atoms with van der Waals surface area (Å²) in [6.07, 6.45) is 2.19. The number of nitrogens with zero attached hydrogens (tertiary/aromatic N) is 2. The summed E-state index contributed by atoms with van der Waals surface area (Å²) in [6, 6.07) is 6.20. The first kappa shape index (κ1) is 17.3. The minimum absolute atomic E-state index is 0.557. The maximum atomic E-state index is 6.13. The van der Waals surface area contributed by atoms with Gasteiger partial charge in [0.1, 0.15) is 17.2 Å². The minimum atomic E-state index is 0.557. The first-order valence-electron chi connectivity index (χ1n) is 7.40. The molecule has 2 aromatic rings. The van der Waals surface area contributed by atoms with Gasteiger partial charge in [0.25, 0.3) is 0 Å². The molecule has 0 unspecified atom stereocenters. The lowest BCUT2D eigenvalue weighted by Crippen LogP contribution is -2.04. The van der Waals surface area contributed by atoms with Gasteiger partial charge in [-0.1, -0.05) is 41.1 Å². The molecule has 0 aliphatic carbocycles. The van der Waals surface area contributed by atoms with Crippen LogP contribution >= 0.6 is 11.6 Å². The zero-order chi connectivity index (χ0) is 16.7. The molecule has 0 aliphatic rings. The Kier molecular flexibility index (Phi) is 6.40. The fourth-order valence-electron chi connectivity index (χ4n) is 2.10. The number of methoxy groups -OCH3 is 1. The molecule has 5 heteroatoms. The van der Waals surface area contributed by atoms with Gasteiger partial charge in [-0.2, -0.15) is 0 Å². The summed E-state index contributed by atoms with van der Waals surface area (Å²) in [4.78, 5) is 8.16. The van der Waals surface area contributed by atoms with E-state index in [0.29, 0.717) is 30.4 Å². The first-order valence-corrected chi connectivity index (χ1v) is 7.78. The molecule has 1 aromatic carbocycles. The Morgan fingerprint density at radius 2 is 2.09 bits per heavy atom. The summed E-state index contributed by atoms with van der Waals surface area (Å²) in [5, 5.41) is 3.74. The highest BCUT2D eigenvalue weighted by Gasteiger charge is 2.04. The molecule has 1 aromatic heterocycles. The van der Waals surface area contributed by atoms with Crippen LogP contribution in [-0.4, -0.2) is 23.6 Å². The van der Waals surface area contributed by atoms with Crippen LogP contribution in [-0.2, 0) is 11.3 Å². The molecule has 0 spiro atoms. The number of aryl methyl sites for hydroxylation is 2. The fraction of sp³-hybridized carbons (Fsp3) is 0.333. The fourth-order valence-corrected chi connectivity index (χ4v) is 2.27. The predicted molar refractivity (Wildman–Crippen MR) is 93.7 cm³/mol. The molecule has 0 aliphatic heterocycles. The van der Waals surface area contributed by atoms with E-state index in [9.17, 15) is 0 Å². The van der Waals surface area contributed by atoms with Crippen molar-refractivity contribution < 1.29 is 4.74 Å². The normalized spacial score (nSPS) is 10.1. The van der Waals surface area contributed by atoms with E-state index in [4.69, 9.17) is 16.3 Å². The molecule has 2 rings (SSSR count). The second-order valence-corrected chi connectivity index (χ2v) is 5.57. The van der Waals surface area contributed by atoms with Crippen LogP contribution < -0.4 is 5.32 Å². The Morgan fingerprint density at radius 1 is 1.26 bits per heavy atom. The second kappa shape index (κ2) is 8.52. The smallest absolute Gasteiger partial charge is 0.148 e. The molecule has 23 heavy (non-hydrogen) atoms. The summed E-state index contributed by atoms with van der Waals surface area (Å²) >= 11 is 6.13. The molecule has 0 radical (unpaired) electrons. The van der Waals surface area contributed by atoms with Crippen molar-refractivity contribution in [2.45, 2.75) is 26.9 Å².